The van der Waals surface area contributed by atoms with Gasteiger partial charge in [-0.2, -0.15) is 0 Å². The Hall–Kier alpha value is -0.680. The smallest absolute Gasteiger partial charge is 0.217 e. The number of hydroxylamine groups is 1. The van der Waals surface area contributed by atoms with E-state index in [0.29, 0.717) is 6.54 Å². The van der Waals surface area contributed by atoms with Crippen molar-refractivity contribution in [3.63, 3.8) is 0 Å². The van der Waals surface area contributed by atoms with E-state index in [4.69, 9.17) is 4.28 Å². The summed E-state index contributed by atoms with van der Waals surface area (Å²) in [6, 6.07) is 0. The average Bonchev–Trinajstić information content (AvgIpc) is 2.34. The molecule has 0 atom stereocenters. The topological polar surface area (TPSA) is 50.4 Å². The van der Waals surface area contributed by atoms with Gasteiger partial charge in [-0.25, -0.2) is 4.28 Å². The number of amides is 1. The van der Waals surface area contributed by atoms with Crippen LogP contribution >= 0.6 is 12.0 Å². The summed E-state index contributed by atoms with van der Waals surface area (Å²) in [6.45, 7) is 1.98. The lowest BCUT2D eigenvalue weighted by Gasteiger charge is -2.01. The Balaban J connectivity index is 2.19. The molecule has 2 N–H and O–H groups in total. The molecule has 0 aromatic heterocycles. The summed E-state index contributed by atoms with van der Waals surface area (Å²) in [6.07, 6.45) is 0. The fraction of sp³-hybridized carbons (Fsp3) is 0.400. The van der Waals surface area contributed by atoms with E-state index < -0.39 is 0 Å². The molecule has 1 rings (SSSR count). The minimum Gasteiger partial charge on any atom is -0.351 e. The van der Waals surface area contributed by atoms with Crippen LogP contribution in [0.5, 0.6) is 0 Å². The van der Waals surface area contributed by atoms with E-state index in [1.165, 1.54) is 19.0 Å². The second kappa shape index (κ2) is 3.48. The third kappa shape index (κ3) is 2.28. The molecule has 1 aliphatic rings. The van der Waals surface area contributed by atoms with Gasteiger partial charge >= 0.3 is 0 Å². The Kier molecular flexibility index (Phi) is 2.58. The van der Waals surface area contributed by atoms with Gasteiger partial charge in [0.05, 0.1) is 24.3 Å². The largest absolute Gasteiger partial charge is 0.351 e. The van der Waals surface area contributed by atoms with Crippen molar-refractivity contribution in [2.45, 2.75) is 6.92 Å². The Labute approximate surface area is 63.2 Å². The molecule has 1 aliphatic heterocycles. The Bertz CT molecular complexity index is 169. The molecule has 0 saturated carbocycles. The van der Waals surface area contributed by atoms with Gasteiger partial charge in [-0.3, -0.25) is 10.3 Å². The lowest BCUT2D eigenvalue weighted by atomic mass is 10.5. The van der Waals surface area contributed by atoms with E-state index in [-0.39, 0.29) is 5.91 Å². The van der Waals surface area contributed by atoms with Crippen LogP contribution in [-0.2, 0) is 9.08 Å². The molecule has 56 valence electrons. The maximum Gasteiger partial charge on any atom is 0.217 e. The Morgan fingerprint density at radius 1 is 2.00 bits per heavy atom. The SMILES string of the molecule is CC(=O)NCC1=CSON1. The fourth-order valence-electron chi connectivity index (χ4n) is 0.481. The first-order valence-electron chi connectivity index (χ1n) is 2.81. The molecule has 0 saturated heterocycles. The van der Waals surface area contributed by atoms with Gasteiger partial charge in [0.1, 0.15) is 0 Å². The standard InChI is InChI=1S/C5H8N2O2S/c1-4(8)6-2-5-3-10-9-7-5/h3,7H,2H2,1H3,(H,6,8). The van der Waals surface area contributed by atoms with Crippen molar-refractivity contribution in [3.8, 4) is 0 Å². The third-order valence-electron chi connectivity index (χ3n) is 0.939. The molecule has 0 unspecified atom stereocenters. The summed E-state index contributed by atoms with van der Waals surface area (Å²) >= 11 is 1.21. The van der Waals surface area contributed by atoms with Crippen molar-refractivity contribution in [2.75, 3.05) is 6.54 Å². The van der Waals surface area contributed by atoms with E-state index in [2.05, 4.69) is 10.8 Å². The highest BCUT2D eigenvalue weighted by Crippen LogP contribution is 2.12. The van der Waals surface area contributed by atoms with Crippen LogP contribution in [0.3, 0.4) is 0 Å². The fourth-order valence-corrected chi connectivity index (χ4v) is 0.932. The first-order chi connectivity index (χ1) is 4.79. The zero-order chi connectivity index (χ0) is 7.40. The van der Waals surface area contributed by atoms with Crippen molar-refractivity contribution >= 4 is 17.9 Å². The number of nitrogens with one attached hydrogen (secondary N) is 2. The van der Waals surface area contributed by atoms with Crippen LogP contribution in [0.1, 0.15) is 6.92 Å². The van der Waals surface area contributed by atoms with Crippen LogP contribution < -0.4 is 10.8 Å². The minimum atomic E-state index is -0.0420. The van der Waals surface area contributed by atoms with Crippen molar-refractivity contribution < 1.29 is 9.08 Å². The second-order valence-corrected chi connectivity index (χ2v) is 2.43. The van der Waals surface area contributed by atoms with E-state index in [0.717, 1.165) is 5.70 Å². The number of hydrogen-bond donors (Lipinski definition) is 2. The molecule has 5 heteroatoms. The van der Waals surface area contributed by atoms with Crippen LogP contribution in [-0.4, -0.2) is 12.5 Å². The average molecular weight is 160 g/mol. The van der Waals surface area contributed by atoms with Crippen LogP contribution in [0, 0.1) is 0 Å². The third-order valence-corrected chi connectivity index (χ3v) is 1.50. The quantitative estimate of drug-likeness (QED) is 0.564. The summed E-state index contributed by atoms with van der Waals surface area (Å²) in [5, 5.41) is 4.43. The maximum atomic E-state index is 10.4. The van der Waals surface area contributed by atoms with Gasteiger partial charge in [0.2, 0.25) is 5.91 Å². The predicted octanol–water partition coefficient (Wildman–Crippen LogP) is 0.147. The van der Waals surface area contributed by atoms with Gasteiger partial charge in [0.25, 0.3) is 0 Å². The molecule has 0 radical (unpaired) electrons. The number of rotatable bonds is 2. The first-order valence-corrected chi connectivity index (χ1v) is 3.61. The van der Waals surface area contributed by atoms with Gasteiger partial charge in [-0.15, -0.1) is 0 Å². The van der Waals surface area contributed by atoms with Crippen LogP contribution in [0.4, 0.5) is 0 Å². The van der Waals surface area contributed by atoms with Crippen molar-refractivity contribution in [3.05, 3.63) is 11.1 Å². The lowest BCUT2D eigenvalue weighted by Crippen LogP contribution is -2.25. The normalized spacial score (nSPS) is 15.9. The second-order valence-electron chi connectivity index (χ2n) is 1.83. The number of carbonyl (C=O) groups excluding carboxylic acids is 1. The van der Waals surface area contributed by atoms with Crippen molar-refractivity contribution in [1.82, 2.24) is 10.8 Å². The van der Waals surface area contributed by atoms with Crippen molar-refractivity contribution in [2.24, 2.45) is 0 Å². The summed E-state index contributed by atoms with van der Waals surface area (Å²) in [7, 11) is 0. The highest BCUT2D eigenvalue weighted by Gasteiger charge is 2.03. The van der Waals surface area contributed by atoms with Gasteiger partial charge < -0.3 is 5.32 Å². The van der Waals surface area contributed by atoms with Crippen LogP contribution in [0.25, 0.3) is 0 Å². The highest BCUT2D eigenvalue weighted by molar-refractivity contribution is 7.97. The molecule has 0 bridgehead atoms. The van der Waals surface area contributed by atoms with E-state index in [1.54, 1.807) is 5.41 Å². The van der Waals surface area contributed by atoms with Crippen molar-refractivity contribution in [1.29, 1.82) is 0 Å². The van der Waals surface area contributed by atoms with Gasteiger partial charge in [-0.05, 0) is 0 Å². The zero-order valence-corrected chi connectivity index (χ0v) is 6.33. The molecular formula is C5H8N2O2S. The van der Waals surface area contributed by atoms with E-state index in [9.17, 15) is 4.79 Å². The molecule has 0 fully saturated rings. The number of hydrogen-bond acceptors (Lipinski definition) is 4. The van der Waals surface area contributed by atoms with Gasteiger partial charge in [0.15, 0.2) is 0 Å². The maximum absolute atomic E-state index is 10.4. The molecular weight excluding hydrogens is 152 g/mol. The molecule has 1 heterocycles. The Morgan fingerprint density at radius 3 is 3.30 bits per heavy atom. The summed E-state index contributed by atoms with van der Waals surface area (Å²) < 4.78 is 4.71. The number of carbonyl (C=O) groups is 1. The lowest BCUT2D eigenvalue weighted by molar-refractivity contribution is -0.118. The van der Waals surface area contributed by atoms with Gasteiger partial charge in [-0.1, -0.05) is 0 Å². The molecule has 4 nitrogen and oxygen atoms in total. The summed E-state index contributed by atoms with van der Waals surface area (Å²) in [5.41, 5.74) is 3.50. The monoisotopic (exact) mass is 160 g/mol. The van der Waals surface area contributed by atoms with Crippen LogP contribution in [0.15, 0.2) is 11.1 Å². The molecule has 0 spiro atoms. The van der Waals surface area contributed by atoms with Gasteiger partial charge in [0, 0.05) is 12.3 Å². The predicted molar refractivity (Wildman–Crippen MR) is 38.6 cm³/mol. The highest BCUT2D eigenvalue weighted by atomic mass is 32.2. The molecule has 10 heavy (non-hydrogen) atoms. The first kappa shape index (κ1) is 7.43. The molecule has 0 aliphatic carbocycles. The molecule has 0 aromatic carbocycles. The molecule has 0 aromatic rings. The summed E-state index contributed by atoms with van der Waals surface area (Å²) in [4.78, 5) is 10.4. The Morgan fingerprint density at radius 2 is 2.80 bits per heavy atom. The minimum absolute atomic E-state index is 0.0420. The molecule has 1 amide bonds. The van der Waals surface area contributed by atoms with E-state index in [1.807, 2.05) is 0 Å². The summed E-state index contributed by atoms with van der Waals surface area (Å²) in [5.74, 6) is -0.0420. The van der Waals surface area contributed by atoms with Crippen LogP contribution in [0.2, 0.25) is 0 Å². The zero-order valence-electron chi connectivity index (χ0n) is 5.51. The van der Waals surface area contributed by atoms with E-state index >= 15 is 0 Å².